The lowest BCUT2D eigenvalue weighted by molar-refractivity contribution is -0.141. The first-order valence-corrected chi connectivity index (χ1v) is 9.56. The summed E-state index contributed by atoms with van der Waals surface area (Å²) in [5, 5.41) is 0. The van der Waals surface area contributed by atoms with E-state index in [2.05, 4.69) is 32.9 Å². The van der Waals surface area contributed by atoms with Gasteiger partial charge < -0.3 is 9.47 Å². The lowest BCUT2D eigenvalue weighted by Gasteiger charge is -2.21. The van der Waals surface area contributed by atoms with Crippen LogP contribution < -0.4 is 0 Å². The number of esters is 1. The van der Waals surface area contributed by atoms with Crippen LogP contribution in [0.3, 0.4) is 0 Å². The van der Waals surface area contributed by atoms with Crippen molar-refractivity contribution in [3.05, 3.63) is 23.3 Å². The van der Waals surface area contributed by atoms with E-state index in [0.717, 1.165) is 38.5 Å². The average molecular weight is 335 g/mol. The molecule has 0 aromatic carbocycles. The van der Waals surface area contributed by atoms with Gasteiger partial charge >= 0.3 is 5.97 Å². The van der Waals surface area contributed by atoms with Crippen molar-refractivity contribution in [2.45, 2.75) is 90.8 Å². The Morgan fingerprint density at radius 3 is 2.67 bits per heavy atom. The molecule has 0 N–H and O–H groups in total. The van der Waals surface area contributed by atoms with Crippen LogP contribution >= 0.6 is 0 Å². The van der Waals surface area contributed by atoms with E-state index < -0.39 is 0 Å². The highest BCUT2D eigenvalue weighted by atomic mass is 16.6. The first kappa shape index (κ1) is 19.2. The molecule has 1 aliphatic heterocycles. The summed E-state index contributed by atoms with van der Waals surface area (Å²) in [5.74, 6) is 0.304. The Morgan fingerprint density at radius 2 is 1.92 bits per heavy atom. The monoisotopic (exact) mass is 334 g/mol. The first-order valence-electron chi connectivity index (χ1n) is 9.56. The van der Waals surface area contributed by atoms with Crippen molar-refractivity contribution in [2.24, 2.45) is 5.92 Å². The maximum atomic E-state index is 11.1. The first-order chi connectivity index (χ1) is 11.4. The van der Waals surface area contributed by atoms with Crippen LogP contribution in [0.4, 0.5) is 0 Å². The van der Waals surface area contributed by atoms with E-state index in [-0.39, 0.29) is 11.6 Å². The molecule has 1 saturated heterocycles. The Bertz CT molecular complexity index is 491. The molecular formula is C21H34O3. The molecule has 136 valence electrons. The molecule has 0 saturated carbocycles. The highest BCUT2D eigenvalue weighted by Crippen LogP contribution is 2.50. The van der Waals surface area contributed by atoms with Gasteiger partial charge in [0.1, 0.15) is 5.60 Å². The second kappa shape index (κ2) is 8.84. The van der Waals surface area contributed by atoms with Crippen LogP contribution in [0.1, 0.15) is 79.1 Å². The minimum absolute atomic E-state index is 0.0705. The zero-order valence-electron chi connectivity index (χ0n) is 15.9. The fraction of sp³-hybridized carbons (Fsp3) is 0.762. The number of allylic oxidation sites excluding steroid dienone is 4. The molecule has 0 aromatic rings. The van der Waals surface area contributed by atoms with Gasteiger partial charge in [0.05, 0.1) is 12.7 Å². The second-order valence-electron chi connectivity index (χ2n) is 7.66. The van der Waals surface area contributed by atoms with Gasteiger partial charge in [-0.15, -0.1) is 0 Å². The van der Waals surface area contributed by atoms with Gasteiger partial charge in [-0.3, -0.25) is 4.79 Å². The van der Waals surface area contributed by atoms with Crippen molar-refractivity contribution in [3.63, 3.8) is 0 Å². The number of carbonyl (C=O) groups excluding carboxylic acids is 1. The molecule has 24 heavy (non-hydrogen) atoms. The summed E-state index contributed by atoms with van der Waals surface area (Å²) >= 11 is 0. The van der Waals surface area contributed by atoms with E-state index in [9.17, 15) is 4.79 Å². The third-order valence-corrected chi connectivity index (χ3v) is 5.64. The van der Waals surface area contributed by atoms with E-state index in [1.807, 2.05) is 0 Å². The Labute approximate surface area is 147 Å². The maximum Gasteiger partial charge on any atom is 0.302 e. The molecule has 0 aromatic heterocycles. The predicted octanol–water partition coefficient (Wildman–Crippen LogP) is 5.35. The molecule has 0 unspecified atom stereocenters. The average Bonchev–Trinajstić information content (AvgIpc) is 3.20. The van der Waals surface area contributed by atoms with Crippen LogP contribution in [-0.2, 0) is 14.3 Å². The number of ether oxygens (including phenoxy) is 2. The van der Waals surface area contributed by atoms with E-state index in [1.54, 1.807) is 0 Å². The predicted molar refractivity (Wildman–Crippen MR) is 97.9 cm³/mol. The summed E-state index contributed by atoms with van der Waals surface area (Å²) in [4.78, 5) is 11.1. The van der Waals surface area contributed by atoms with Crippen LogP contribution in [0.2, 0.25) is 0 Å². The number of rotatable bonds is 3. The molecule has 0 radical (unpaired) electrons. The fourth-order valence-electron chi connectivity index (χ4n) is 3.93. The third-order valence-electron chi connectivity index (χ3n) is 5.64. The Hall–Kier alpha value is -1.09. The van der Waals surface area contributed by atoms with Gasteiger partial charge in [0.2, 0.25) is 0 Å². The maximum absolute atomic E-state index is 11.1. The van der Waals surface area contributed by atoms with E-state index in [4.69, 9.17) is 9.47 Å². The zero-order chi connectivity index (χ0) is 17.6. The number of hydrogen-bond acceptors (Lipinski definition) is 3. The summed E-state index contributed by atoms with van der Waals surface area (Å²) in [6, 6.07) is 0. The van der Waals surface area contributed by atoms with Gasteiger partial charge in [-0.25, -0.2) is 0 Å². The molecule has 0 spiro atoms. The van der Waals surface area contributed by atoms with Gasteiger partial charge in [0, 0.05) is 13.3 Å². The number of epoxide rings is 1. The molecule has 3 heteroatoms. The Balaban J connectivity index is 2.00. The molecule has 2 rings (SSSR count). The molecule has 1 fully saturated rings. The molecule has 3 atom stereocenters. The summed E-state index contributed by atoms with van der Waals surface area (Å²) in [6.07, 6.45) is 14.0. The molecule has 0 amide bonds. The van der Waals surface area contributed by atoms with Crippen LogP contribution in [0.25, 0.3) is 0 Å². The van der Waals surface area contributed by atoms with Crippen molar-refractivity contribution in [1.29, 1.82) is 0 Å². The second-order valence-corrected chi connectivity index (χ2v) is 7.66. The van der Waals surface area contributed by atoms with E-state index in [0.29, 0.717) is 18.6 Å². The van der Waals surface area contributed by atoms with Gasteiger partial charge in [-0.05, 0) is 64.7 Å². The highest BCUT2D eigenvalue weighted by molar-refractivity contribution is 5.65. The molecule has 0 bridgehead atoms. The summed E-state index contributed by atoms with van der Waals surface area (Å²) in [5.41, 5.74) is 2.92. The van der Waals surface area contributed by atoms with Crippen molar-refractivity contribution >= 4 is 5.97 Å². The van der Waals surface area contributed by atoms with Crippen molar-refractivity contribution < 1.29 is 14.3 Å². The van der Waals surface area contributed by atoms with Crippen LogP contribution in [0.5, 0.6) is 0 Å². The summed E-state index contributed by atoms with van der Waals surface area (Å²) in [6.45, 7) is 8.74. The lowest BCUT2D eigenvalue weighted by atomic mass is 9.82. The molecule has 1 aliphatic carbocycles. The van der Waals surface area contributed by atoms with Crippen LogP contribution in [-0.4, -0.2) is 24.3 Å². The number of hydrogen-bond donors (Lipinski definition) is 0. The molecule has 1 heterocycles. The van der Waals surface area contributed by atoms with Crippen LogP contribution in [0.15, 0.2) is 23.3 Å². The van der Waals surface area contributed by atoms with E-state index >= 15 is 0 Å². The number of fused-ring (bicyclic) bond motifs is 1. The minimum Gasteiger partial charge on any atom is -0.466 e. The normalized spacial score (nSPS) is 36.3. The topological polar surface area (TPSA) is 38.8 Å². The molecule has 2 aliphatic rings. The summed E-state index contributed by atoms with van der Waals surface area (Å²) in [7, 11) is 0. The van der Waals surface area contributed by atoms with Gasteiger partial charge in [-0.1, -0.05) is 30.2 Å². The molecular weight excluding hydrogens is 300 g/mol. The van der Waals surface area contributed by atoms with E-state index in [1.165, 1.54) is 30.9 Å². The van der Waals surface area contributed by atoms with Crippen LogP contribution in [0, 0.1) is 5.92 Å². The Morgan fingerprint density at radius 1 is 1.21 bits per heavy atom. The SMILES string of the molecule is CC(=O)OCC[C@@]12O[C@H]1CCC/C(C)=C/CC/C(C)=C/CC[C@H]2C. The fourth-order valence-corrected chi connectivity index (χ4v) is 3.93. The number of carbonyl (C=O) groups is 1. The Kier molecular flexibility index (Phi) is 7.09. The minimum atomic E-state index is -0.198. The van der Waals surface area contributed by atoms with Gasteiger partial charge in [-0.2, -0.15) is 0 Å². The standard InChI is InChI=1S/C21H34O3/c1-16-8-5-9-17(2)11-7-13-20-21(24-20,14-15-23-19(4)22)18(3)12-6-10-16/h9-10,18,20H,5-8,11-15H2,1-4H3/b16-10+,17-9+/t18-,20+,21+/m1/s1. The van der Waals surface area contributed by atoms with Crippen molar-refractivity contribution in [3.8, 4) is 0 Å². The smallest absolute Gasteiger partial charge is 0.302 e. The van der Waals surface area contributed by atoms with Gasteiger partial charge in [0.25, 0.3) is 0 Å². The van der Waals surface area contributed by atoms with Gasteiger partial charge in [0.15, 0.2) is 0 Å². The van der Waals surface area contributed by atoms with Crippen molar-refractivity contribution in [2.75, 3.05) is 6.61 Å². The summed E-state index contributed by atoms with van der Waals surface area (Å²) < 4.78 is 11.4. The zero-order valence-corrected chi connectivity index (χ0v) is 15.9. The third kappa shape index (κ3) is 5.47. The van der Waals surface area contributed by atoms with Crippen molar-refractivity contribution in [1.82, 2.24) is 0 Å². The largest absolute Gasteiger partial charge is 0.466 e. The molecule has 3 nitrogen and oxygen atoms in total. The quantitative estimate of drug-likeness (QED) is 0.397. The highest BCUT2D eigenvalue weighted by Gasteiger charge is 2.58. The lowest BCUT2D eigenvalue weighted by Crippen LogP contribution is -2.27.